The molecule has 0 fully saturated rings. The molecule has 0 aliphatic heterocycles. The molecular weight excluding hydrogens is 262 g/mol. The minimum Gasteiger partial charge on any atom is -0.478 e. The predicted molar refractivity (Wildman–Crippen MR) is 76.6 cm³/mol. The van der Waals surface area contributed by atoms with E-state index in [1.807, 2.05) is 13.0 Å². The van der Waals surface area contributed by atoms with E-state index in [9.17, 15) is 0 Å². The first-order valence-corrected chi connectivity index (χ1v) is 6.08. The van der Waals surface area contributed by atoms with Gasteiger partial charge >= 0.3 is 0 Å². The lowest BCUT2D eigenvalue weighted by atomic mass is 10.3. The number of aromatic nitrogens is 3. The molecule has 7 heteroatoms. The standard InChI is InChI=1S/C12H13N5OS/c1-2-18-9-4-3-8(7-16-9)17-12-10(11(13)19)14-5-6-15-12/h3-7H,2H2,1H3,(H2,13,19)(H,15,17). The summed E-state index contributed by atoms with van der Waals surface area (Å²) >= 11 is 4.92. The third kappa shape index (κ3) is 3.35. The number of rotatable bonds is 5. The number of ether oxygens (including phenoxy) is 1. The van der Waals surface area contributed by atoms with Crippen LogP contribution in [0.25, 0.3) is 0 Å². The molecule has 2 rings (SSSR count). The van der Waals surface area contributed by atoms with Crippen molar-refractivity contribution >= 4 is 28.7 Å². The Balaban J connectivity index is 2.19. The predicted octanol–water partition coefficient (Wildman–Crippen LogP) is 1.65. The maximum absolute atomic E-state index is 5.59. The van der Waals surface area contributed by atoms with Gasteiger partial charge in [0.25, 0.3) is 0 Å². The number of thiocarbonyl (C=S) groups is 1. The van der Waals surface area contributed by atoms with E-state index >= 15 is 0 Å². The van der Waals surface area contributed by atoms with E-state index in [-0.39, 0.29) is 4.99 Å². The Labute approximate surface area is 116 Å². The lowest BCUT2D eigenvalue weighted by Crippen LogP contribution is -2.15. The monoisotopic (exact) mass is 275 g/mol. The quantitative estimate of drug-likeness (QED) is 0.802. The fourth-order valence-corrected chi connectivity index (χ4v) is 1.58. The Morgan fingerprint density at radius 1 is 1.32 bits per heavy atom. The SMILES string of the molecule is CCOc1ccc(Nc2nccnc2C(N)=S)cn1. The molecule has 0 aliphatic rings. The Morgan fingerprint density at radius 3 is 2.74 bits per heavy atom. The van der Waals surface area contributed by atoms with Crippen molar-refractivity contribution in [2.45, 2.75) is 6.92 Å². The minimum atomic E-state index is 0.189. The molecule has 0 radical (unpaired) electrons. The van der Waals surface area contributed by atoms with Crippen LogP contribution in [-0.2, 0) is 0 Å². The van der Waals surface area contributed by atoms with Gasteiger partial charge in [0, 0.05) is 18.5 Å². The van der Waals surface area contributed by atoms with Gasteiger partial charge in [-0.05, 0) is 13.0 Å². The highest BCUT2D eigenvalue weighted by atomic mass is 32.1. The maximum Gasteiger partial charge on any atom is 0.213 e. The van der Waals surface area contributed by atoms with Gasteiger partial charge in [-0.3, -0.25) is 0 Å². The molecule has 19 heavy (non-hydrogen) atoms. The van der Waals surface area contributed by atoms with E-state index in [2.05, 4.69) is 20.3 Å². The highest BCUT2D eigenvalue weighted by Crippen LogP contribution is 2.18. The van der Waals surface area contributed by atoms with E-state index in [1.165, 1.54) is 6.20 Å². The molecule has 0 bridgehead atoms. The first-order chi connectivity index (χ1) is 9.20. The zero-order valence-corrected chi connectivity index (χ0v) is 11.1. The summed E-state index contributed by atoms with van der Waals surface area (Å²) in [5.74, 6) is 1.07. The number of nitrogens with zero attached hydrogens (tertiary/aromatic N) is 3. The van der Waals surface area contributed by atoms with Crippen LogP contribution in [0.15, 0.2) is 30.7 Å². The summed E-state index contributed by atoms with van der Waals surface area (Å²) in [6.07, 6.45) is 4.74. The first kappa shape index (κ1) is 13.2. The summed E-state index contributed by atoms with van der Waals surface area (Å²) in [4.78, 5) is 12.6. The second-order valence-corrected chi connectivity index (χ2v) is 4.00. The topological polar surface area (TPSA) is 86.0 Å². The summed E-state index contributed by atoms with van der Waals surface area (Å²) in [6, 6.07) is 3.60. The van der Waals surface area contributed by atoms with Crippen molar-refractivity contribution in [3.63, 3.8) is 0 Å². The van der Waals surface area contributed by atoms with Gasteiger partial charge in [0.05, 0.1) is 18.5 Å². The molecule has 0 aliphatic carbocycles. The average Bonchev–Trinajstić information content (AvgIpc) is 2.42. The second kappa shape index (κ2) is 6.05. The molecule has 0 saturated heterocycles. The van der Waals surface area contributed by atoms with E-state index in [1.54, 1.807) is 18.5 Å². The third-order valence-corrected chi connectivity index (χ3v) is 2.42. The van der Waals surface area contributed by atoms with Crippen molar-refractivity contribution in [3.8, 4) is 5.88 Å². The van der Waals surface area contributed by atoms with Crippen molar-refractivity contribution in [1.82, 2.24) is 15.0 Å². The van der Waals surface area contributed by atoms with Gasteiger partial charge < -0.3 is 15.8 Å². The van der Waals surface area contributed by atoms with E-state index < -0.39 is 0 Å². The fraction of sp³-hybridized carbons (Fsp3) is 0.167. The molecule has 0 aromatic carbocycles. The van der Waals surface area contributed by atoms with Crippen LogP contribution in [0.4, 0.5) is 11.5 Å². The van der Waals surface area contributed by atoms with Crippen LogP contribution in [0.1, 0.15) is 12.6 Å². The zero-order valence-electron chi connectivity index (χ0n) is 10.3. The minimum absolute atomic E-state index is 0.189. The third-order valence-electron chi connectivity index (χ3n) is 2.22. The van der Waals surface area contributed by atoms with Crippen LogP contribution in [0.2, 0.25) is 0 Å². The highest BCUT2D eigenvalue weighted by Gasteiger charge is 2.08. The van der Waals surface area contributed by atoms with Crippen molar-refractivity contribution in [1.29, 1.82) is 0 Å². The maximum atomic E-state index is 5.59. The Morgan fingerprint density at radius 2 is 2.11 bits per heavy atom. The Hall–Kier alpha value is -2.28. The highest BCUT2D eigenvalue weighted by molar-refractivity contribution is 7.80. The van der Waals surface area contributed by atoms with E-state index in [0.717, 1.165) is 5.69 Å². The van der Waals surface area contributed by atoms with Crippen molar-refractivity contribution in [2.75, 3.05) is 11.9 Å². The summed E-state index contributed by atoms with van der Waals surface area (Å²) in [5.41, 5.74) is 6.79. The van der Waals surface area contributed by atoms with Gasteiger partial charge in [-0.25, -0.2) is 15.0 Å². The zero-order chi connectivity index (χ0) is 13.7. The van der Waals surface area contributed by atoms with Crippen molar-refractivity contribution in [2.24, 2.45) is 5.73 Å². The fourth-order valence-electron chi connectivity index (χ4n) is 1.43. The number of nitrogens with one attached hydrogen (secondary N) is 1. The number of hydrogen-bond acceptors (Lipinski definition) is 6. The van der Waals surface area contributed by atoms with Gasteiger partial charge in [0.1, 0.15) is 10.7 Å². The molecule has 2 aromatic rings. The van der Waals surface area contributed by atoms with E-state index in [4.69, 9.17) is 22.7 Å². The molecule has 2 aromatic heterocycles. The molecule has 6 nitrogen and oxygen atoms in total. The van der Waals surface area contributed by atoms with E-state index in [0.29, 0.717) is 24.0 Å². The summed E-state index contributed by atoms with van der Waals surface area (Å²) in [5, 5.41) is 3.06. The van der Waals surface area contributed by atoms with Gasteiger partial charge in [-0.2, -0.15) is 0 Å². The molecule has 0 unspecified atom stereocenters. The van der Waals surface area contributed by atoms with Gasteiger partial charge in [-0.15, -0.1) is 0 Å². The first-order valence-electron chi connectivity index (χ1n) is 5.67. The smallest absolute Gasteiger partial charge is 0.213 e. The summed E-state index contributed by atoms with van der Waals surface area (Å²) in [7, 11) is 0. The number of anilines is 2. The Kier molecular flexibility index (Phi) is 4.19. The number of nitrogens with two attached hydrogens (primary N) is 1. The van der Waals surface area contributed by atoms with Crippen LogP contribution in [0.3, 0.4) is 0 Å². The van der Waals surface area contributed by atoms with Crippen LogP contribution < -0.4 is 15.8 Å². The summed E-state index contributed by atoms with van der Waals surface area (Å²) < 4.78 is 5.27. The number of hydrogen-bond donors (Lipinski definition) is 2. The second-order valence-electron chi connectivity index (χ2n) is 3.56. The summed E-state index contributed by atoms with van der Waals surface area (Å²) in [6.45, 7) is 2.48. The normalized spacial score (nSPS) is 9.95. The van der Waals surface area contributed by atoms with Crippen LogP contribution in [-0.4, -0.2) is 26.5 Å². The molecule has 0 saturated carbocycles. The largest absolute Gasteiger partial charge is 0.478 e. The van der Waals surface area contributed by atoms with Gasteiger partial charge in [-0.1, -0.05) is 12.2 Å². The molecule has 0 amide bonds. The van der Waals surface area contributed by atoms with Gasteiger partial charge in [0.2, 0.25) is 5.88 Å². The molecule has 2 heterocycles. The molecule has 0 spiro atoms. The lowest BCUT2D eigenvalue weighted by molar-refractivity contribution is 0.327. The molecule has 98 valence electrons. The van der Waals surface area contributed by atoms with Crippen LogP contribution >= 0.6 is 12.2 Å². The number of pyridine rings is 1. The van der Waals surface area contributed by atoms with Crippen LogP contribution in [0.5, 0.6) is 5.88 Å². The molecule has 3 N–H and O–H groups in total. The van der Waals surface area contributed by atoms with Gasteiger partial charge in [0.15, 0.2) is 5.82 Å². The van der Waals surface area contributed by atoms with Crippen LogP contribution in [0, 0.1) is 0 Å². The van der Waals surface area contributed by atoms with Crippen molar-refractivity contribution in [3.05, 3.63) is 36.4 Å². The average molecular weight is 275 g/mol. The Bertz CT molecular complexity index is 573. The van der Waals surface area contributed by atoms with Crippen molar-refractivity contribution < 1.29 is 4.74 Å². The molecular formula is C12H13N5OS. The molecule has 0 atom stereocenters. The lowest BCUT2D eigenvalue weighted by Gasteiger charge is -2.09.